The molecular formula is C24H32N4O. The van der Waals surface area contributed by atoms with Crippen molar-refractivity contribution in [1.29, 1.82) is 0 Å². The lowest BCUT2D eigenvalue weighted by Crippen LogP contribution is -2.44. The number of likely N-dealkylation sites (N-methyl/N-ethyl adjacent to an activating group) is 1. The zero-order valence-electron chi connectivity index (χ0n) is 17.9. The predicted octanol–water partition coefficient (Wildman–Crippen LogP) is 3.36. The van der Waals surface area contributed by atoms with E-state index in [9.17, 15) is 4.79 Å². The predicted molar refractivity (Wildman–Crippen MR) is 117 cm³/mol. The molecule has 2 aliphatic heterocycles. The molecule has 2 aliphatic rings. The van der Waals surface area contributed by atoms with Gasteiger partial charge in [0.2, 0.25) is 5.91 Å². The minimum absolute atomic E-state index is 0.0964. The van der Waals surface area contributed by atoms with Crippen LogP contribution in [0, 0.1) is 13.8 Å². The minimum Gasteiger partial charge on any atom is -0.369 e. The molecule has 1 atom stereocenters. The van der Waals surface area contributed by atoms with E-state index in [1.54, 1.807) is 0 Å². The molecule has 154 valence electrons. The zero-order valence-corrected chi connectivity index (χ0v) is 17.9. The highest BCUT2D eigenvalue weighted by Crippen LogP contribution is 2.33. The van der Waals surface area contributed by atoms with Gasteiger partial charge in [-0.2, -0.15) is 0 Å². The molecular weight excluding hydrogens is 360 g/mol. The highest BCUT2D eigenvalue weighted by atomic mass is 16.2. The number of carbonyl (C=O) groups is 1. The van der Waals surface area contributed by atoms with E-state index < -0.39 is 0 Å². The summed E-state index contributed by atoms with van der Waals surface area (Å²) < 4.78 is 0. The Morgan fingerprint density at radius 3 is 2.48 bits per heavy atom. The van der Waals surface area contributed by atoms with Crippen LogP contribution in [0.15, 0.2) is 36.4 Å². The topological polar surface area (TPSA) is 39.7 Å². The first-order valence-electron chi connectivity index (χ1n) is 10.8. The van der Waals surface area contributed by atoms with E-state index in [2.05, 4.69) is 72.0 Å². The van der Waals surface area contributed by atoms with Crippen LogP contribution >= 0.6 is 0 Å². The largest absolute Gasteiger partial charge is 0.369 e. The van der Waals surface area contributed by atoms with Gasteiger partial charge in [0.05, 0.1) is 18.2 Å². The van der Waals surface area contributed by atoms with Crippen LogP contribution in [0.25, 0.3) is 0 Å². The van der Waals surface area contributed by atoms with Crippen LogP contribution < -0.4 is 4.90 Å². The molecule has 0 radical (unpaired) electrons. The first kappa shape index (κ1) is 19.9. The number of pyridine rings is 1. The van der Waals surface area contributed by atoms with Crippen molar-refractivity contribution < 1.29 is 4.79 Å². The average Bonchev–Trinajstić information content (AvgIpc) is 3.20. The van der Waals surface area contributed by atoms with E-state index in [-0.39, 0.29) is 11.9 Å². The normalized spacial score (nSPS) is 20.3. The maximum Gasteiger partial charge on any atom is 0.227 e. The van der Waals surface area contributed by atoms with Gasteiger partial charge in [-0.05, 0) is 51.4 Å². The van der Waals surface area contributed by atoms with Crippen molar-refractivity contribution in [3.8, 4) is 0 Å². The summed E-state index contributed by atoms with van der Waals surface area (Å²) in [6.45, 7) is 9.22. The van der Waals surface area contributed by atoms with Crippen molar-refractivity contribution in [2.24, 2.45) is 0 Å². The van der Waals surface area contributed by atoms with Gasteiger partial charge >= 0.3 is 0 Å². The molecule has 0 N–H and O–H groups in total. The Labute approximate surface area is 174 Å². The second-order valence-electron chi connectivity index (χ2n) is 8.59. The summed E-state index contributed by atoms with van der Waals surface area (Å²) in [6, 6.07) is 12.8. The van der Waals surface area contributed by atoms with Crippen molar-refractivity contribution >= 4 is 11.6 Å². The Morgan fingerprint density at radius 1 is 1.03 bits per heavy atom. The van der Waals surface area contributed by atoms with Gasteiger partial charge in [-0.25, -0.2) is 0 Å². The molecule has 2 saturated heterocycles. The van der Waals surface area contributed by atoms with Crippen molar-refractivity contribution in [1.82, 2.24) is 14.8 Å². The molecule has 3 heterocycles. The third kappa shape index (κ3) is 4.61. The Balaban J connectivity index is 1.52. The number of likely N-dealkylation sites (tertiary alicyclic amines) is 1. The van der Waals surface area contributed by atoms with E-state index >= 15 is 0 Å². The van der Waals surface area contributed by atoms with E-state index in [4.69, 9.17) is 4.98 Å². The number of rotatable bonds is 4. The van der Waals surface area contributed by atoms with E-state index in [1.165, 1.54) is 11.3 Å². The number of piperazine rings is 1. The summed E-state index contributed by atoms with van der Waals surface area (Å²) in [6.07, 6.45) is 2.51. The third-order valence-electron chi connectivity index (χ3n) is 6.22. The minimum atomic E-state index is 0.0964. The van der Waals surface area contributed by atoms with Crippen LogP contribution in [0.2, 0.25) is 0 Å². The molecule has 2 aromatic rings. The van der Waals surface area contributed by atoms with E-state index in [1.807, 2.05) is 0 Å². The lowest BCUT2D eigenvalue weighted by Gasteiger charge is -2.34. The fourth-order valence-electron chi connectivity index (χ4n) is 4.45. The molecule has 0 spiro atoms. The van der Waals surface area contributed by atoms with Gasteiger partial charge in [0, 0.05) is 44.1 Å². The van der Waals surface area contributed by atoms with Crippen molar-refractivity contribution in [3.63, 3.8) is 0 Å². The van der Waals surface area contributed by atoms with Crippen LogP contribution in [-0.4, -0.2) is 60.5 Å². The van der Waals surface area contributed by atoms with E-state index in [0.717, 1.165) is 62.5 Å². The Hall–Kier alpha value is -2.40. The summed E-state index contributed by atoms with van der Waals surface area (Å²) in [5.74, 6) is 0.209. The average molecular weight is 393 g/mol. The van der Waals surface area contributed by atoms with Gasteiger partial charge in [0.15, 0.2) is 0 Å². The SMILES string of the molecule is Cc1ccc(CC(=O)N2CCC[C@@H]2c2cc(N3CCN(C)CC3)cc(C)n2)cc1. The number of aryl methyl sites for hydroxylation is 2. The molecule has 4 rings (SSSR count). The van der Waals surface area contributed by atoms with Gasteiger partial charge in [-0.15, -0.1) is 0 Å². The highest BCUT2D eigenvalue weighted by molar-refractivity contribution is 5.79. The number of carbonyl (C=O) groups excluding carboxylic acids is 1. The van der Waals surface area contributed by atoms with Crippen LogP contribution in [0.3, 0.4) is 0 Å². The fourth-order valence-corrected chi connectivity index (χ4v) is 4.45. The molecule has 5 nitrogen and oxygen atoms in total. The van der Waals surface area contributed by atoms with Crippen molar-refractivity contribution in [2.75, 3.05) is 44.7 Å². The van der Waals surface area contributed by atoms with Gasteiger partial charge in [-0.3, -0.25) is 9.78 Å². The Bertz CT molecular complexity index is 856. The number of benzene rings is 1. The number of anilines is 1. The molecule has 5 heteroatoms. The maximum atomic E-state index is 13.1. The standard InChI is InChI=1S/C24H32N4O/c1-18-6-8-20(9-7-18)16-24(29)28-10-4-5-23(28)22-17-21(15-19(2)25-22)27-13-11-26(3)12-14-27/h6-9,15,17,23H,4-5,10-14,16H2,1-3H3/t23-/m1/s1. The smallest absolute Gasteiger partial charge is 0.227 e. The van der Waals surface area contributed by atoms with Gasteiger partial charge < -0.3 is 14.7 Å². The highest BCUT2D eigenvalue weighted by Gasteiger charge is 2.31. The van der Waals surface area contributed by atoms with Gasteiger partial charge in [0.1, 0.15) is 0 Å². The van der Waals surface area contributed by atoms with Crippen LogP contribution in [0.1, 0.15) is 41.4 Å². The molecule has 1 aromatic heterocycles. The molecule has 0 unspecified atom stereocenters. The number of nitrogens with zero attached hydrogens (tertiary/aromatic N) is 4. The lowest BCUT2D eigenvalue weighted by molar-refractivity contribution is -0.131. The summed E-state index contributed by atoms with van der Waals surface area (Å²) in [5, 5.41) is 0. The molecule has 1 aromatic carbocycles. The molecule has 1 amide bonds. The molecule has 0 bridgehead atoms. The van der Waals surface area contributed by atoms with Gasteiger partial charge in [-0.1, -0.05) is 29.8 Å². The first-order valence-corrected chi connectivity index (χ1v) is 10.8. The Kier molecular flexibility index (Phi) is 5.86. The summed E-state index contributed by atoms with van der Waals surface area (Å²) in [5.41, 5.74) is 5.64. The second kappa shape index (κ2) is 8.54. The van der Waals surface area contributed by atoms with Crippen LogP contribution in [0.5, 0.6) is 0 Å². The number of aromatic nitrogens is 1. The summed E-state index contributed by atoms with van der Waals surface area (Å²) in [4.78, 5) is 24.8. The quantitative estimate of drug-likeness (QED) is 0.800. The molecule has 0 aliphatic carbocycles. The van der Waals surface area contributed by atoms with Crippen molar-refractivity contribution in [3.05, 3.63) is 58.9 Å². The molecule has 0 saturated carbocycles. The number of hydrogen-bond acceptors (Lipinski definition) is 4. The zero-order chi connectivity index (χ0) is 20.4. The monoisotopic (exact) mass is 392 g/mol. The van der Waals surface area contributed by atoms with Crippen LogP contribution in [0.4, 0.5) is 5.69 Å². The molecule has 29 heavy (non-hydrogen) atoms. The molecule has 2 fully saturated rings. The van der Waals surface area contributed by atoms with Crippen molar-refractivity contribution in [2.45, 2.75) is 39.2 Å². The van der Waals surface area contributed by atoms with Crippen LogP contribution in [-0.2, 0) is 11.2 Å². The lowest BCUT2D eigenvalue weighted by atomic mass is 10.1. The number of amides is 1. The number of hydrogen-bond donors (Lipinski definition) is 0. The second-order valence-corrected chi connectivity index (χ2v) is 8.59. The summed E-state index contributed by atoms with van der Waals surface area (Å²) >= 11 is 0. The maximum absolute atomic E-state index is 13.1. The van der Waals surface area contributed by atoms with Gasteiger partial charge in [0.25, 0.3) is 0 Å². The first-order chi connectivity index (χ1) is 14.0. The Morgan fingerprint density at radius 2 is 1.76 bits per heavy atom. The summed E-state index contributed by atoms with van der Waals surface area (Å²) in [7, 11) is 2.18. The third-order valence-corrected chi connectivity index (χ3v) is 6.22. The van der Waals surface area contributed by atoms with E-state index in [0.29, 0.717) is 6.42 Å². The fraction of sp³-hybridized carbons (Fsp3) is 0.500.